The van der Waals surface area contributed by atoms with Crippen molar-refractivity contribution in [2.75, 3.05) is 14.2 Å². The average Bonchev–Trinajstić information content (AvgIpc) is 3.59. The first-order chi connectivity index (χ1) is 18.6. The number of carbonyl (C=O) groups excluding carboxylic acids is 2. The first-order valence-corrected chi connectivity index (χ1v) is 12.8. The van der Waals surface area contributed by atoms with Crippen molar-refractivity contribution in [3.63, 3.8) is 0 Å². The van der Waals surface area contributed by atoms with Gasteiger partial charge in [-0.2, -0.15) is 0 Å². The van der Waals surface area contributed by atoms with E-state index in [1.54, 1.807) is 7.11 Å². The quantitative estimate of drug-likeness (QED) is 0.326. The summed E-state index contributed by atoms with van der Waals surface area (Å²) in [5.41, 5.74) is 2.78. The minimum absolute atomic E-state index is 0.173. The Kier molecular flexibility index (Phi) is 7.86. The number of rotatable bonds is 10. The standard InChI is InChI=1S/C31H32N2O5/c1-36-24-15-9-14-23(18-24)28(30(34)32-19-21-10-5-3-6-11-21)33(20-22-12-7-4-8-13-22)29-26-17-16-25(38-26)27(29)31(35)37-2/h3-18,25-29H,19-20H2,1-2H3,(H,32,34)/t25-,26+,27+,28+,29+/m1/s1. The molecule has 0 aromatic heterocycles. The molecule has 3 aromatic carbocycles. The van der Waals surface area contributed by atoms with Gasteiger partial charge < -0.3 is 19.5 Å². The number of esters is 1. The smallest absolute Gasteiger partial charge is 0.313 e. The molecule has 2 bridgehead atoms. The van der Waals surface area contributed by atoms with Crippen molar-refractivity contribution in [1.29, 1.82) is 0 Å². The maximum Gasteiger partial charge on any atom is 0.313 e. The van der Waals surface area contributed by atoms with Crippen LogP contribution in [-0.2, 0) is 32.2 Å². The lowest BCUT2D eigenvalue weighted by Gasteiger charge is -2.40. The summed E-state index contributed by atoms with van der Waals surface area (Å²) in [7, 11) is 3.00. The van der Waals surface area contributed by atoms with Crippen LogP contribution in [0, 0.1) is 5.92 Å². The molecule has 0 saturated carbocycles. The summed E-state index contributed by atoms with van der Waals surface area (Å²) in [6.45, 7) is 0.812. The number of benzene rings is 3. The van der Waals surface area contributed by atoms with Gasteiger partial charge in [0.25, 0.3) is 0 Å². The number of fused-ring (bicyclic) bond motifs is 2. The Morgan fingerprint density at radius 2 is 1.58 bits per heavy atom. The van der Waals surface area contributed by atoms with Crippen LogP contribution >= 0.6 is 0 Å². The average molecular weight is 513 g/mol. The fourth-order valence-electron chi connectivity index (χ4n) is 5.44. The summed E-state index contributed by atoms with van der Waals surface area (Å²) < 4.78 is 16.9. The second-order valence-electron chi connectivity index (χ2n) is 9.53. The van der Waals surface area contributed by atoms with Crippen molar-refractivity contribution in [1.82, 2.24) is 10.2 Å². The fraction of sp³-hybridized carbons (Fsp3) is 0.290. The highest BCUT2D eigenvalue weighted by atomic mass is 16.5. The topological polar surface area (TPSA) is 77.1 Å². The molecular weight excluding hydrogens is 480 g/mol. The summed E-state index contributed by atoms with van der Waals surface area (Å²) in [4.78, 5) is 29.2. The van der Waals surface area contributed by atoms with Gasteiger partial charge in [-0.25, -0.2) is 0 Å². The predicted molar refractivity (Wildman–Crippen MR) is 143 cm³/mol. The van der Waals surface area contributed by atoms with Crippen molar-refractivity contribution in [3.8, 4) is 5.75 Å². The molecule has 5 rings (SSSR count). The molecule has 196 valence electrons. The number of nitrogens with one attached hydrogen (secondary N) is 1. The van der Waals surface area contributed by atoms with E-state index in [2.05, 4.69) is 10.2 Å². The van der Waals surface area contributed by atoms with Crippen molar-refractivity contribution in [2.24, 2.45) is 5.92 Å². The van der Waals surface area contributed by atoms with Gasteiger partial charge in [0.05, 0.1) is 32.5 Å². The Balaban J connectivity index is 1.57. The lowest BCUT2D eigenvalue weighted by atomic mass is 9.85. The molecule has 2 aliphatic heterocycles. The highest BCUT2D eigenvalue weighted by Crippen LogP contribution is 2.42. The number of ether oxygens (including phenoxy) is 3. The molecule has 2 aliphatic rings. The van der Waals surface area contributed by atoms with Gasteiger partial charge in [0.15, 0.2) is 0 Å². The van der Waals surface area contributed by atoms with Crippen LogP contribution in [0.15, 0.2) is 97.1 Å². The fourth-order valence-corrected chi connectivity index (χ4v) is 5.44. The van der Waals surface area contributed by atoms with Crippen LogP contribution < -0.4 is 10.1 Å². The molecule has 2 heterocycles. The highest BCUT2D eigenvalue weighted by Gasteiger charge is 2.54. The molecule has 1 saturated heterocycles. The Morgan fingerprint density at radius 3 is 2.26 bits per heavy atom. The monoisotopic (exact) mass is 512 g/mol. The molecule has 7 nitrogen and oxygen atoms in total. The first-order valence-electron chi connectivity index (χ1n) is 12.8. The third kappa shape index (κ3) is 5.35. The van der Waals surface area contributed by atoms with Crippen LogP contribution in [0.1, 0.15) is 22.7 Å². The number of methoxy groups -OCH3 is 2. The van der Waals surface area contributed by atoms with Crippen molar-refractivity contribution in [2.45, 2.75) is 37.4 Å². The zero-order valence-electron chi connectivity index (χ0n) is 21.5. The van der Waals surface area contributed by atoms with Crippen LogP contribution in [0.4, 0.5) is 0 Å². The minimum Gasteiger partial charge on any atom is -0.497 e. The summed E-state index contributed by atoms with van der Waals surface area (Å²) in [5.74, 6) is -0.433. The SMILES string of the molecule is COC(=O)[C@@H]1[C@@H](N(Cc2ccccc2)[C@H](C(=O)NCc2ccccc2)c2cccc(OC)c2)[C@@H]2C=C[C@H]1O2. The zero-order valence-corrected chi connectivity index (χ0v) is 21.5. The van der Waals surface area contributed by atoms with Gasteiger partial charge in [0.2, 0.25) is 5.91 Å². The molecule has 3 aromatic rings. The van der Waals surface area contributed by atoms with Crippen LogP contribution in [0.25, 0.3) is 0 Å². The third-order valence-corrected chi connectivity index (χ3v) is 7.23. The minimum atomic E-state index is -0.720. The lowest BCUT2D eigenvalue weighted by Crippen LogP contribution is -2.53. The van der Waals surface area contributed by atoms with Gasteiger partial charge in [-0.05, 0) is 28.8 Å². The molecule has 1 N–H and O–H groups in total. The molecule has 1 fully saturated rings. The van der Waals surface area contributed by atoms with Gasteiger partial charge in [-0.15, -0.1) is 0 Å². The van der Waals surface area contributed by atoms with Crippen molar-refractivity contribution in [3.05, 3.63) is 114 Å². The van der Waals surface area contributed by atoms with Gasteiger partial charge in [-0.3, -0.25) is 14.5 Å². The van der Waals surface area contributed by atoms with Crippen molar-refractivity contribution < 1.29 is 23.8 Å². The maximum atomic E-state index is 14.1. The van der Waals surface area contributed by atoms with E-state index in [1.165, 1.54) is 7.11 Å². The molecule has 1 amide bonds. The van der Waals surface area contributed by atoms with Crippen LogP contribution in [0.3, 0.4) is 0 Å². The molecular formula is C31H32N2O5. The highest BCUT2D eigenvalue weighted by molar-refractivity contribution is 5.84. The summed E-state index contributed by atoms with van der Waals surface area (Å²) >= 11 is 0. The second-order valence-corrected chi connectivity index (χ2v) is 9.53. The van der Waals surface area contributed by atoms with E-state index in [1.807, 2.05) is 97.1 Å². The van der Waals surface area contributed by atoms with Gasteiger partial charge >= 0.3 is 5.97 Å². The lowest BCUT2D eigenvalue weighted by molar-refractivity contribution is -0.149. The van der Waals surface area contributed by atoms with E-state index in [-0.39, 0.29) is 18.0 Å². The van der Waals surface area contributed by atoms with Gasteiger partial charge in [-0.1, -0.05) is 84.9 Å². The van der Waals surface area contributed by atoms with Gasteiger partial charge in [0, 0.05) is 13.1 Å². The molecule has 7 heteroatoms. The summed E-state index contributed by atoms with van der Waals surface area (Å²) in [5, 5.41) is 3.13. The summed E-state index contributed by atoms with van der Waals surface area (Å²) in [6.07, 6.45) is 3.16. The Labute approximate surface area is 223 Å². The molecule has 0 aliphatic carbocycles. The van der Waals surface area contributed by atoms with E-state index in [4.69, 9.17) is 14.2 Å². The van der Waals surface area contributed by atoms with Crippen molar-refractivity contribution >= 4 is 11.9 Å². The van der Waals surface area contributed by atoms with Crippen LogP contribution in [0.2, 0.25) is 0 Å². The summed E-state index contributed by atoms with van der Waals surface area (Å²) in [6, 6.07) is 26.1. The molecule has 38 heavy (non-hydrogen) atoms. The number of hydrogen-bond acceptors (Lipinski definition) is 6. The molecule has 5 atom stereocenters. The van der Waals surface area contributed by atoms with E-state index >= 15 is 0 Å². The largest absolute Gasteiger partial charge is 0.497 e. The van der Waals surface area contributed by atoms with E-state index < -0.39 is 24.1 Å². The number of carbonyl (C=O) groups is 2. The van der Waals surface area contributed by atoms with E-state index in [0.29, 0.717) is 18.8 Å². The Bertz CT molecular complexity index is 1280. The molecule has 0 unspecified atom stereocenters. The Morgan fingerprint density at radius 1 is 0.895 bits per heavy atom. The second kappa shape index (κ2) is 11.6. The first kappa shape index (κ1) is 25.7. The van der Waals surface area contributed by atoms with Crippen LogP contribution in [-0.4, -0.2) is 49.2 Å². The maximum absolute atomic E-state index is 14.1. The van der Waals surface area contributed by atoms with Gasteiger partial charge in [0.1, 0.15) is 17.7 Å². The normalized spacial score (nSPS) is 22.3. The number of hydrogen-bond donors (Lipinski definition) is 1. The molecule has 0 radical (unpaired) electrons. The molecule has 0 spiro atoms. The van der Waals surface area contributed by atoms with E-state index in [9.17, 15) is 9.59 Å². The van der Waals surface area contributed by atoms with E-state index in [0.717, 1.165) is 16.7 Å². The zero-order chi connectivity index (χ0) is 26.5. The third-order valence-electron chi connectivity index (χ3n) is 7.23. The van der Waals surface area contributed by atoms with Crippen LogP contribution in [0.5, 0.6) is 5.75 Å². The predicted octanol–water partition coefficient (Wildman–Crippen LogP) is 4.05. The Hall–Kier alpha value is -3.94. The number of amides is 1. The number of nitrogens with zero attached hydrogens (tertiary/aromatic N) is 1.